The van der Waals surface area contributed by atoms with Gasteiger partial charge in [0.15, 0.2) is 6.10 Å². The van der Waals surface area contributed by atoms with Gasteiger partial charge in [-0.1, -0.05) is 0 Å². The predicted octanol–water partition coefficient (Wildman–Crippen LogP) is 0.949. The Morgan fingerprint density at radius 1 is 1.39 bits per heavy atom. The minimum absolute atomic E-state index is 0.553. The summed E-state index contributed by atoms with van der Waals surface area (Å²) in [6.07, 6.45) is -2.41. The maximum Gasteiger partial charge on any atom is 0.337 e. The molecule has 1 aromatic heterocycles. The summed E-state index contributed by atoms with van der Waals surface area (Å²) in [6, 6.07) is 0. The molecule has 0 amide bonds. The molecule has 6 heteroatoms. The van der Waals surface area contributed by atoms with Crippen LogP contribution in [0.3, 0.4) is 0 Å². The van der Waals surface area contributed by atoms with E-state index in [1.807, 2.05) is 0 Å². The summed E-state index contributed by atoms with van der Waals surface area (Å²) in [5.74, 6) is -1.08. The van der Waals surface area contributed by atoms with E-state index in [4.69, 9.17) is 4.74 Å². The average molecular weight is 256 g/mol. The Morgan fingerprint density at radius 3 is 2.28 bits per heavy atom. The fourth-order valence-corrected chi connectivity index (χ4v) is 1.75. The third kappa shape index (κ3) is 2.88. The molecule has 0 aliphatic heterocycles. The molecule has 1 rings (SSSR count). The second-order valence-corrected chi connectivity index (χ2v) is 4.51. The van der Waals surface area contributed by atoms with Gasteiger partial charge in [-0.2, -0.15) is 5.10 Å². The van der Waals surface area contributed by atoms with Crippen molar-refractivity contribution in [2.24, 2.45) is 7.05 Å². The molecule has 3 unspecified atom stereocenters. The van der Waals surface area contributed by atoms with E-state index in [2.05, 4.69) is 5.10 Å². The van der Waals surface area contributed by atoms with Crippen molar-refractivity contribution >= 4 is 5.97 Å². The number of carboxylic acids is 1. The molecule has 0 spiro atoms. The van der Waals surface area contributed by atoms with Crippen LogP contribution in [-0.2, 0) is 16.6 Å². The fourth-order valence-electron chi connectivity index (χ4n) is 1.75. The van der Waals surface area contributed by atoms with E-state index >= 15 is 0 Å². The monoisotopic (exact) mass is 256 g/mol. The summed E-state index contributed by atoms with van der Waals surface area (Å²) < 4.78 is 7.05. The molecule has 18 heavy (non-hydrogen) atoms. The molecule has 1 aromatic rings. The maximum absolute atomic E-state index is 11.3. The summed E-state index contributed by atoms with van der Waals surface area (Å²) in [4.78, 5) is 11.3. The van der Waals surface area contributed by atoms with Gasteiger partial charge in [-0.05, 0) is 27.7 Å². The lowest BCUT2D eigenvalue weighted by molar-refractivity contribution is -0.158. The van der Waals surface area contributed by atoms with Crippen LogP contribution in [0.1, 0.15) is 36.9 Å². The highest BCUT2D eigenvalue weighted by Crippen LogP contribution is 2.26. The first-order valence-corrected chi connectivity index (χ1v) is 5.82. The molecule has 1 heterocycles. The largest absolute Gasteiger partial charge is 0.479 e. The fraction of sp³-hybridized carbons (Fsp3) is 0.667. The van der Waals surface area contributed by atoms with Crippen molar-refractivity contribution in [3.63, 3.8) is 0 Å². The van der Waals surface area contributed by atoms with Crippen LogP contribution in [0.15, 0.2) is 0 Å². The quantitative estimate of drug-likeness (QED) is 0.819. The highest BCUT2D eigenvalue weighted by Gasteiger charge is 2.30. The summed E-state index contributed by atoms with van der Waals surface area (Å²) in [6.45, 7) is 6.74. The minimum atomic E-state index is -1.11. The van der Waals surface area contributed by atoms with Crippen LogP contribution in [0.2, 0.25) is 0 Å². The standard InChI is InChI=1S/C12H20N2O4/c1-6-10(7(2)14(5)13-6)11(12(16)17)18-9(4)8(3)15/h8-9,11,15H,1-5H3,(H,16,17). The van der Waals surface area contributed by atoms with Crippen molar-refractivity contribution in [1.82, 2.24) is 9.78 Å². The Kier molecular flexibility index (Phi) is 4.48. The Labute approximate surface area is 106 Å². The number of hydrogen-bond donors (Lipinski definition) is 2. The van der Waals surface area contributed by atoms with E-state index in [0.717, 1.165) is 5.69 Å². The number of nitrogens with zero attached hydrogens (tertiary/aromatic N) is 2. The molecule has 0 saturated carbocycles. The van der Waals surface area contributed by atoms with Gasteiger partial charge >= 0.3 is 5.97 Å². The topological polar surface area (TPSA) is 84.6 Å². The van der Waals surface area contributed by atoms with Crippen LogP contribution in [0.4, 0.5) is 0 Å². The van der Waals surface area contributed by atoms with Crippen LogP contribution in [0.25, 0.3) is 0 Å². The van der Waals surface area contributed by atoms with E-state index in [9.17, 15) is 15.0 Å². The van der Waals surface area contributed by atoms with Gasteiger partial charge in [-0.15, -0.1) is 0 Å². The van der Waals surface area contributed by atoms with Gasteiger partial charge in [0.25, 0.3) is 0 Å². The molecular formula is C12H20N2O4. The molecule has 0 radical (unpaired) electrons. The first kappa shape index (κ1) is 14.7. The van der Waals surface area contributed by atoms with Crippen LogP contribution in [0, 0.1) is 13.8 Å². The van der Waals surface area contributed by atoms with Crippen LogP contribution in [-0.4, -0.2) is 38.2 Å². The van der Waals surface area contributed by atoms with E-state index in [1.54, 1.807) is 39.4 Å². The lowest BCUT2D eigenvalue weighted by Gasteiger charge is -2.21. The van der Waals surface area contributed by atoms with E-state index in [1.165, 1.54) is 0 Å². The molecule has 102 valence electrons. The number of aliphatic hydroxyl groups is 1. The molecule has 0 fully saturated rings. The van der Waals surface area contributed by atoms with E-state index in [0.29, 0.717) is 11.3 Å². The van der Waals surface area contributed by atoms with Crippen molar-refractivity contribution in [2.75, 3.05) is 0 Å². The van der Waals surface area contributed by atoms with Crippen LogP contribution < -0.4 is 0 Å². The van der Waals surface area contributed by atoms with Crippen molar-refractivity contribution < 1.29 is 19.7 Å². The number of carboxylic acid groups (broad SMARTS) is 1. The highest BCUT2D eigenvalue weighted by molar-refractivity contribution is 5.75. The zero-order chi connectivity index (χ0) is 14.0. The molecule has 6 nitrogen and oxygen atoms in total. The molecule has 0 saturated heterocycles. The lowest BCUT2D eigenvalue weighted by atomic mass is 10.1. The third-order valence-electron chi connectivity index (χ3n) is 3.08. The van der Waals surface area contributed by atoms with Gasteiger partial charge in [-0.3, -0.25) is 4.68 Å². The summed E-state index contributed by atoms with van der Waals surface area (Å²) in [7, 11) is 1.75. The Morgan fingerprint density at radius 2 is 1.94 bits per heavy atom. The van der Waals surface area contributed by atoms with E-state index < -0.39 is 24.3 Å². The second-order valence-electron chi connectivity index (χ2n) is 4.51. The van der Waals surface area contributed by atoms with Crippen molar-refractivity contribution in [1.29, 1.82) is 0 Å². The smallest absolute Gasteiger partial charge is 0.337 e. The SMILES string of the molecule is Cc1nn(C)c(C)c1C(OC(C)C(C)O)C(=O)O. The van der Waals surface area contributed by atoms with Crippen LogP contribution >= 0.6 is 0 Å². The number of rotatable bonds is 5. The van der Waals surface area contributed by atoms with Crippen molar-refractivity contribution in [3.8, 4) is 0 Å². The van der Waals surface area contributed by atoms with Gasteiger partial charge in [-0.25, -0.2) is 4.79 Å². The van der Waals surface area contributed by atoms with Gasteiger partial charge in [0.1, 0.15) is 0 Å². The first-order valence-electron chi connectivity index (χ1n) is 5.82. The molecule has 0 bridgehead atoms. The van der Waals surface area contributed by atoms with Gasteiger partial charge in [0.2, 0.25) is 0 Å². The van der Waals surface area contributed by atoms with Gasteiger partial charge in [0.05, 0.1) is 17.9 Å². The molecule has 0 aliphatic rings. The third-order valence-corrected chi connectivity index (χ3v) is 3.08. The predicted molar refractivity (Wildman–Crippen MR) is 65.3 cm³/mol. The van der Waals surface area contributed by atoms with Crippen LogP contribution in [0.5, 0.6) is 0 Å². The molecule has 3 atom stereocenters. The zero-order valence-corrected chi connectivity index (χ0v) is 11.3. The second kappa shape index (κ2) is 5.49. The number of hydrogen-bond acceptors (Lipinski definition) is 4. The normalized spacial score (nSPS) is 16.3. The van der Waals surface area contributed by atoms with Gasteiger partial charge < -0.3 is 14.9 Å². The molecular weight excluding hydrogens is 236 g/mol. The number of aryl methyl sites for hydroxylation is 2. The number of aliphatic carboxylic acids is 1. The molecule has 2 N–H and O–H groups in total. The summed E-state index contributed by atoms with van der Waals surface area (Å²) in [5, 5.41) is 22.9. The zero-order valence-electron chi connectivity index (χ0n) is 11.3. The maximum atomic E-state index is 11.3. The Bertz CT molecular complexity index is 440. The first-order chi connectivity index (χ1) is 8.25. The average Bonchev–Trinajstić information content (AvgIpc) is 2.49. The Balaban J connectivity index is 3.09. The molecule has 0 aliphatic carbocycles. The summed E-state index contributed by atoms with van der Waals surface area (Å²) in [5.41, 5.74) is 1.93. The highest BCUT2D eigenvalue weighted by atomic mass is 16.5. The van der Waals surface area contributed by atoms with Crippen molar-refractivity contribution in [2.45, 2.75) is 46.0 Å². The van der Waals surface area contributed by atoms with Crippen molar-refractivity contribution in [3.05, 3.63) is 17.0 Å². The van der Waals surface area contributed by atoms with Gasteiger partial charge in [0, 0.05) is 18.3 Å². The van der Waals surface area contributed by atoms with E-state index in [-0.39, 0.29) is 0 Å². The Hall–Kier alpha value is -1.40. The number of aliphatic hydroxyl groups excluding tert-OH is 1. The lowest BCUT2D eigenvalue weighted by Crippen LogP contribution is -2.28. The number of aromatic nitrogens is 2. The molecule has 0 aromatic carbocycles. The minimum Gasteiger partial charge on any atom is -0.479 e. The number of ether oxygens (including phenoxy) is 1. The number of carbonyl (C=O) groups is 1. The summed E-state index contributed by atoms with van der Waals surface area (Å²) >= 11 is 0.